The molecule has 3 heterocycles. The van der Waals surface area contributed by atoms with Crippen molar-refractivity contribution in [2.75, 3.05) is 20.6 Å². The molecule has 27 heavy (non-hydrogen) atoms. The Morgan fingerprint density at radius 3 is 2.93 bits per heavy atom. The molecule has 1 aromatic carbocycles. The van der Waals surface area contributed by atoms with Gasteiger partial charge in [-0.25, -0.2) is 4.79 Å². The third-order valence-corrected chi connectivity index (χ3v) is 6.16. The van der Waals surface area contributed by atoms with Crippen LogP contribution in [-0.4, -0.2) is 46.3 Å². The van der Waals surface area contributed by atoms with Gasteiger partial charge in [0.15, 0.2) is 0 Å². The standard InChI is InChI=1S/C20H25N5OS/c1-14-18(17-6-4-5-7-19(17)27-14)13-24-8-9-25-16(12-24)10-15(22-25)11-21-20(26)23(2)3/h4-7,10H,8-9,11-13H2,1-3H3,(H,21,26). The molecule has 2 aromatic heterocycles. The van der Waals surface area contributed by atoms with Crippen LogP contribution in [0.15, 0.2) is 30.3 Å². The van der Waals surface area contributed by atoms with Crippen molar-refractivity contribution in [3.63, 3.8) is 0 Å². The molecule has 0 fully saturated rings. The number of nitrogens with zero attached hydrogens (tertiary/aromatic N) is 4. The Kier molecular flexibility index (Phi) is 4.88. The number of hydrogen-bond donors (Lipinski definition) is 1. The molecule has 0 saturated carbocycles. The molecule has 0 atom stereocenters. The SMILES string of the molecule is Cc1sc2ccccc2c1CN1CCn2nc(CNC(=O)N(C)C)cc2C1. The van der Waals surface area contributed by atoms with Crippen molar-refractivity contribution in [3.8, 4) is 0 Å². The average Bonchev–Trinajstić information content (AvgIpc) is 3.20. The Morgan fingerprint density at radius 2 is 2.11 bits per heavy atom. The Morgan fingerprint density at radius 1 is 1.30 bits per heavy atom. The Balaban J connectivity index is 1.45. The molecule has 1 N–H and O–H groups in total. The third kappa shape index (κ3) is 3.70. The minimum absolute atomic E-state index is 0.0950. The molecule has 1 aliphatic heterocycles. The topological polar surface area (TPSA) is 53.4 Å². The van der Waals surface area contributed by atoms with E-state index in [2.05, 4.69) is 57.3 Å². The molecule has 0 bridgehead atoms. The number of benzene rings is 1. The summed E-state index contributed by atoms with van der Waals surface area (Å²) in [6.07, 6.45) is 0. The zero-order valence-electron chi connectivity index (χ0n) is 16.0. The van der Waals surface area contributed by atoms with Gasteiger partial charge >= 0.3 is 6.03 Å². The van der Waals surface area contributed by atoms with Gasteiger partial charge in [0, 0.05) is 43.3 Å². The highest BCUT2D eigenvalue weighted by Gasteiger charge is 2.20. The lowest BCUT2D eigenvalue weighted by molar-refractivity contribution is 0.205. The number of nitrogens with one attached hydrogen (secondary N) is 1. The molecule has 0 spiro atoms. The Hall–Kier alpha value is -2.38. The van der Waals surface area contributed by atoms with Crippen LogP contribution in [0.4, 0.5) is 4.79 Å². The lowest BCUT2D eigenvalue weighted by Crippen LogP contribution is -2.34. The van der Waals surface area contributed by atoms with Crippen molar-refractivity contribution in [2.45, 2.75) is 33.1 Å². The molecule has 0 saturated heterocycles. The molecular weight excluding hydrogens is 358 g/mol. The smallest absolute Gasteiger partial charge is 0.317 e. The van der Waals surface area contributed by atoms with Gasteiger partial charge in [-0.2, -0.15) is 5.10 Å². The summed E-state index contributed by atoms with van der Waals surface area (Å²) in [6.45, 7) is 6.41. The van der Waals surface area contributed by atoms with E-state index in [1.165, 1.54) is 31.1 Å². The van der Waals surface area contributed by atoms with Gasteiger partial charge in [-0.1, -0.05) is 18.2 Å². The normalized spacial score (nSPS) is 14.3. The van der Waals surface area contributed by atoms with Crippen LogP contribution in [0, 0.1) is 6.92 Å². The molecule has 3 aromatic rings. The first-order valence-electron chi connectivity index (χ1n) is 9.21. The summed E-state index contributed by atoms with van der Waals surface area (Å²) >= 11 is 1.88. The van der Waals surface area contributed by atoms with Crippen LogP contribution in [-0.2, 0) is 26.2 Å². The van der Waals surface area contributed by atoms with Crippen LogP contribution >= 0.6 is 11.3 Å². The molecule has 142 valence electrons. The Bertz CT molecular complexity index is 974. The summed E-state index contributed by atoms with van der Waals surface area (Å²) in [7, 11) is 3.48. The predicted octanol–water partition coefficient (Wildman–Crippen LogP) is 3.19. The minimum Gasteiger partial charge on any atom is -0.332 e. The van der Waals surface area contributed by atoms with Gasteiger partial charge in [0.2, 0.25) is 0 Å². The highest BCUT2D eigenvalue weighted by Crippen LogP contribution is 2.32. The van der Waals surface area contributed by atoms with E-state index in [-0.39, 0.29) is 6.03 Å². The number of hydrogen-bond acceptors (Lipinski definition) is 4. The Labute approximate surface area is 163 Å². The van der Waals surface area contributed by atoms with E-state index in [1.54, 1.807) is 14.1 Å². The molecule has 0 unspecified atom stereocenters. The molecule has 7 heteroatoms. The molecule has 0 aliphatic carbocycles. The van der Waals surface area contributed by atoms with Gasteiger partial charge in [-0.15, -0.1) is 11.3 Å². The molecule has 4 rings (SSSR count). The van der Waals surface area contributed by atoms with E-state index >= 15 is 0 Å². The van der Waals surface area contributed by atoms with E-state index in [1.807, 2.05) is 11.3 Å². The molecular formula is C20H25N5OS. The van der Waals surface area contributed by atoms with E-state index < -0.39 is 0 Å². The quantitative estimate of drug-likeness (QED) is 0.753. The van der Waals surface area contributed by atoms with Crippen molar-refractivity contribution in [1.29, 1.82) is 0 Å². The van der Waals surface area contributed by atoms with Gasteiger partial charge < -0.3 is 10.2 Å². The van der Waals surface area contributed by atoms with Crippen molar-refractivity contribution in [2.24, 2.45) is 0 Å². The zero-order valence-corrected chi connectivity index (χ0v) is 16.8. The first-order valence-corrected chi connectivity index (χ1v) is 10.0. The van der Waals surface area contributed by atoms with Gasteiger partial charge in [-0.05, 0) is 30.0 Å². The third-order valence-electron chi connectivity index (χ3n) is 5.04. The van der Waals surface area contributed by atoms with E-state index in [0.29, 0.717) is 6.54 Å². The first kappa shape index (κ1) is 18.0. The number of aromatic nitrogens is 2. The molecule has 6 nitrogen and oxygen atoms in total. The van der Waals surface area contributed by atoms with Crippen molar-refractivity contribution in [3.05, 3.63) is 52.2 Å². The number of amides is 2. The predicted molar refractivity (Wildman–Crippen MR) is 109 cm³/mol. The van der Waals surface area contributed by atoms with Gasteiger partial charge in [-0.3, -0.25) is 9.58 Å². The van der Waals surface area contributed by atoms with Crippen LogP contribution in [0.5, 0.6) is 0 Å². The summed E-state index contributed by atoms with van der Waals surface area (Å²) < 4.78 is 3.44. The fourth-order valence-corrected chi connectivity index (χ4v) is 4.64. The summed E-state index contributed by atoms with van der Waals surface area (Å²) in [6, 6.07) is 10.7. The second-order valence-electron chi connectivity index (χ2n) is 7.25. The average molecular weight is 384 g/mol. The number of aryl methyl sites for hydroxylation is 1. The highest BCUT2D eigenvalue weighted by molar-refractivity contribution is 7.19. The number of carbonyl (C=O) groups is 1. The molecule has 0 radical (unpaired) electrons. The molecule has 2 amide bonds. The lowest BCUT2D eigenvalue weighted by atomic mass is 10.1. The van der Waals surface area contributed by atoms with Gasteiger partial charge in [0.25, 0.3) is 0 Å². The van der Waals surface area contributed by atoms with E-state index in [4.69, 9.17) is 0 Å². The number of urea groups is 1. The second-order valence-corrected chi connectivity index (χ2v) is 8.50. The molecule has 1 aliphatic rings. The van der Waals surface area contributed by atoms with Crippen LogP contribution in [0.3, 0.4) is 0 Å². The number of rotatable bonds is 4. The van der Waals surface area contributed by atoms with Crippen LogP contribution in [0.25, 0.3) is 10.1 Å². The largest absolute Gasteiger partial charge is 0.332 e. The fourth-order valence-electron chi connectivity index (χ4n) is 3.57. The maximum Gasteiger partial charge on any atom is 0.317 e. The van der Waals surface area contributed by atoms with Crippen LogP contribution in [0.2, 0.25) is 0 Å². The summed E-state index contributed by atoms with van der Waals surface area (Å²) in [5, 5.41) is 8.90. The van der Waals surface area contributed by atoms with E-state index in [0.717, 1.165) is 31.9 Å². The van der Waals surface area contributed by atoms with Gasteiger partial charge in [0.05, 0.1) is 24.5 Å². The lowest BCUT2D eigenvalue weighted by Gasteiger charge is -2.27. The number of carbonyl (C=O) groups excluding carboxylic acids is 1. The fraction of sp³-hybridized carbons (Fsp3) is 0.400. The van der Waals surface area contributed by atoms with Crippen LogP contribution in [0.1, 0.15) is 21.8 Å². The summed E-state index contributed by atoms with van der Waals surface area (Å²) in [4.78, 5) is 17.1. The maximum absolute atomic E-state index is 11.7. The minimum atomic E-state index is -0.0950. The number of thiophene rings is 1. The highest BCUT2D eigenvalue weighted by atomic mass is 32.1. The second kappa shape index (κ2) is 7.32. The van der Waals surface area contributed by atoms with Crippen LogP contribution < -0.4 is 5.32 Å². The monoisotopic (exact) mass is 383 g/mol. The summed E-state index contributed by atoms with van der Waals surface area (Å²) in [5.74, 6) is 0. The van der Waals surface area contributed by atoms with Crippen molar-refractivity contribution < 1.29 is 4.79 Å². The zero-order chi connectivity index (χ0) is 19.0. The van der Waals surface area contributed by atoms with Crippen molar-refractivity contribution >= 4 is 27.5 Å². The maximum atomic E-state index is 11.7. The van der Waals surface area contributed by atoms with Gasteiger partial charge in [0.1, 0.15) is 0 Å². The van der Waals surface area contributed by atoms with E-state index in [9.17, 15) is 4.79 Å². The van der Waals surface area contributed by atoms with Crippen molar-refractivity contribution in [1.82, 2.24) is 24.9 Å². The number of fused-ring (bicyclic) bond motifs is 2. The summed E-state index contributed by atoms with van der Waals surface area (Å²) in [5.41, 5.74) is 3.58. The first-order chi connectivity index (χ1) is 13.0.